The van der Waals surface area contributed by atoms with Crippen LogP contribution in [0.1, 0.15) is 56.7 Å². The summed E-state index contributed by atoms with van der Waals surface area (Å²) in [5, 5.41) is 13.1. The van der Waals surface area contributed by atoms with E-state index in [2.05, 4.69) is 20.2 Å². The highest BCUT2D eigenvalue weighted by Gasteiger charge is 2.50. The zero-order chi connectivity index (χ0) is 28.1. The number of anilines is 2. The van der Waals surface area contributed by atoms with Gasteiger partial charge in [0.15, 0.2) is 0 Å². The number of alkyl halides is 3. The number of nitrogens with one attached hydrogen (secondary N) is 1. The number of carboxylic acids is 1. The molecule has 2 saturated heterocycles. The van der Waals surface area contributed by atoms with Gasteiger partial charge in [-0.15, -0.1) is 0 Å². The van der Waals surface area contributed by atoms with Crippen molar-refractivity contribution >= 4 is 40.9 Å². The summed E-state index contributed by atoms with van der Waals surface area (Å²) >= 11 is 12.2. The molecule has 39 heavy (non-hydrogen) atoms. The standard InChI is InChI=1S/C27H32Cl2F3N5O2/c1-15(20-6-5-18(28)8-22(20)29)34-23-21(27(30,31)32)11-33-25(35-23)37-13-17(14-37)16-4-3-7-36(12-16)19-9-26(2,10-19)24(38)39/h5-6,8,11,15-17,19H,3-4,7,9-10,12-14H2,1-2H3,(H,38,39)(H,33,34,35)/t15-,16+,19-,26-/m1/s1. The van der Waals surface area contributed by atoms with Gasteiger partial charge in [-0.25, -0.2) is 4.98 Å². The predicted octanol–water partition coefficient (Wildman–Crippen LogP) is 6.38. The molecule has 3 heterocycles. The van der Waals surface area contributed by atoms with Crippen molar-refractivity contribution in [2.45, 2.75) is 57.8 Å². The fraction of sp³-hybridized carbons (Fsp3) is 0.593. The van der Waals surface area contributed by atoms with Crippen molar-refractivity contribution in [3.05, 3.63) is 45.6 Å². The van der Waals surface area contributed by atoms with E-state index in [-0.39, 0.29) is 11.8 Å². The van der Waals surface area contributed by atoms with E-state index >= 15 is 0 Å². The Kier molecular flexibility index (Phi) is 7.67. The second-order valence-corrected chi connectivity index (χ2v) is 12.3. The lowest BCUT2D eigenvalue weighted by atomic mass is 9.65. The maximum absolute atomic E-state index is 13.8. The van der Waals surface area contributed by atoms with Gasteiger partial charge in [-0.1, -0.05) is 29.3 Å². The smallest absolute Gasteiger partial charge is 0.421 e. The normalized spacial score (nSPS) is 27.0. The van der Waals surface area contributed by atoms with Crippen molar-refractivity contribution in [3.8, 4) is 0 Å². The van der Waals surface area contributed by atoms with Gasteiger partial charge >= 0.3 is 12.1 Å². The van der Waals surface area contributed by atoms with Crippen LogP contribution >= 0.6 is 23.2 Å². The summed E-state index contributed by atoms with van der Waals surface area (Å²) < 4.78 is 41.3. The van der Waals surface area contributed by atoms with Crippen molar-refractivity contribution in [1.29, 1.82) is 0 Å². The number of benzene rings is 1. The van der Waals surface area contributed by atoms with Gasteiger partial charge in [-0.2, -0.15) is 18.2 Å². The second kappa shape index (κ2) is 10.6. The minimum atomic E-state index is -4.62. The van der Waals surface area contributed by atoms with Crippen molar-refractivity contribution in [2.75, 3.05) is 36.4 Å². The van der Waals surface area contributed by atoms with E-state index in [1.165, 1.54) is 0 Å². The molecule has 2 N–H and O–H groups in total. The van der Waals surface area contributed by atoms with E-state index < -0.39 is 29.2 Å². The molecule has 1 aliphatic carbocycles. The highest BCUT2D eigenvalue weighted by molar-refractivity contribution is 6.35. The highest BCUT2D eigenvalue weighted by Crippen LogP contribution is 2.45. The van der Waals surface area contributed by atoms with E-state index in [1.54, 1.807) is 25.1 Å². The van der Waals surface area contributed by atoms with Gasteiger partial charge in [0.2, 0.25) is 5.95 Å². The molecular formula is C27H32Cl2F3N5O2. The number of rotatable bonds is 7. The zero-order valence-electron chi connectivity index (χ0n) is 21.8. The molecule has 2 aromatic rings. The van der Waals surface area contributed by atoms with E-state index in [4.69, 9.17) is 23.2 Å². The summed E-state index contributed by atoms with van der Waals surface area (Å²) in [7, 11) is 0. The third-order valence-electron chi connectivity index (χ3n) is 8.62. The molecule has 2 aliphatic heterocycles. The van der Waals surface area contributed by atoms with Crippen LogP contribution in [0.15, 0.2) is 24.4 Å². The Morgan fingerprint density at radius 1 is 1.21 bits per heavy atom. The molecule has 1 saturated carbocycles. The minimum absolute atomic E-state index is 0.264. The average Bonchev–Trinajstić information content (AvgIpc) is 2.80. The largest absolute Gasteiger partial charge is 0.481 e. The van der Waals surface area contributed by atoms with E-state index in [0.29, 0.717) is 59.4 Å². The number of hydrogen-bond donors (Lipinski definition) is 2. The molecule has 0 unspecified atom stereocenters. The average molecular weight is 586 g/mol. The second-order valence-electron chi connectivity index (χ2n) is 11.5. The molecule has 5 rings (SSSR count). The quantitative estimate of drug-likeness (QED) is 0.390. The first-order valence-corrected chi connectivity index (χ1v) is 14.0. The molecule has 212 valence electrons. The number of aliphatic carboxylic acids is 1. The van der Waals surface area contributed by atoms with Crippen LogP contribution in [0.2, 0.25) is 10.0 Å². The Bertz CT molecular complexity index is 1230. The molecule has 3 fully saturated rings. The summed E-state index contributed by atoms with van der Waals surface area (Å²) in [4.78, 5) is 24.2. The number of piperidine rings is 1. The Balaban J connectivity index is 1.24. The third kappa shape index (κ3) is 5.79. The van der Waals surface area contributed by atoms with Gasteiger partial charge in [0, 0.05) is 41.9 Å². The van der Waals surface area contributed by atoms with E-state index in [9.17, 15) is 23.1 Å². The summed E-state index contributed by atoms with van der Waals surface area (Å²) in [6.07, 6.45) is -0.255. The lowest BCUT2D eigenvalue weighted by Crippen LogP contribution is -2.58. The number of hydrogen-bond acceptors (Lipinski definition) is 6. The van der Waals surface area contributed by atoms with Crippen molar-refractivity contribution < 1.29 is 23.1 Å². The Labute approximate surface area is 235 Å². The molecule has 0 bridgehead atoms. The molecule has 3 aliphatic rings. The van der Waals surface area contributed by atoms with Crippen LogP contribution in [-0.4, -0.2) is 58.2 Å². The van der Waals surface area contributed by atoms with E-state index in [0.717, 1.165) is 32.1 Å². The molecule has 2 atom stereocenters. The maximum atomic E-state index is 13.8. The molecular weight excluding hydrogens is 554 g/mol. The van der Waals surface area contributed by atoms with Gasteiger partial charge in [0.25, 0.3) is 0 Å². The lowest BCUT2D eigenvalue weighted by Gasteiger charge is -2.52. The van der Waals surface area contributed by atoms with Crippen molar-refractivity contribution in [3.63, 3.8) is 0 Å². The number of halogens is 5. The molecule has 1 aromatic carbocycles. The third-order valence-corrected chi connectivity index (χ3v) is 9.18. The maximum Gasteiger partial charge on any atom is 0.421 e. The Morgan fingerprint density at radius 3 is 2.56 bits per heavy atom. The van der Waals surface area contributed by atoms with E-state index in [1.807, 2.05) is 11.8 Å². The first-order valence-electron chi connectivity index (χ1n) is 13.2. The fourth-order valence-corrected chi connectivity index (χ4v) is 6.69. The molecule has 0 amide bonds. The molecule has 0 radical (unpaired) electrons. The number of nitrogens with zero attached hydrogens (tertiary/aromatic N) is 4. The van der Waals surface area contributed by atoms with Crippen LogP contribution in [-0.2, 0) is 11.0 Å². The Hall–Kier alpha value is -2.30. The molecule has 0 spiro atoms. The van der Waals surface area contributed by atoms with Crippen molar-refractivity contribution in [2.24, 2.45) is 17.3 Å². The first-order chi connectivity index (χ1) is 18.3. The fourth-order valence-electron chi connectivity index (χ4n) is 6.12. The van der Waals surface area contributed by atoms with Crippen LogP contribution in [0.5, 0.6) is 0 Å². The Morgan fingerprint density at radius 2 is 1.92 bits per heavy atom. The predicted molar refractivity (Wildman–Crippen MR) is 144 cm³/mol. The summed E-state index contributed by atoms with van der Waals surface area (Å²) in [5.74, 6) is 0.112. The monoisotopic (exact) mass is 585 g/mol. The zero-order valence-corrected chi connectivity index (χ0v) is 23.3. The number of likely N-dealkylation sites (tertiary alicyclic amines) is 1. The van der Waals surface area contributed by atoms with Gasteiger partial charge in [0.05, 0.1) is 11.5 Å². The summed E-state index contributed by atoms with van der Waals surface area (Å²) in [6, 6.07) is 4.63. The van der Waals surface area contributed by atoms with Gasteiger partial charge in [-0.05, 0) is 75.6 Å². The molecule has 1 aromatic heterocycles. The molecule has 12 heteroatoms. The topological polar surface area (TPSA) is 81.6 Å². The minimum Gasteiger partial charge on any atom is -0.481 e. The SMILES string of the molecule is C[C@@H](Nc1nc(N2CC([C@H]3CCCN([C@H]4C[C@](C)(C(=O)O)C4)C3)C2)ncc1C(F)(F)F)c1ccc(Cl)cc1Cl. The van der Waals surface area contributed by atoms with Crippen LogP contribution in [0.3, 0.4) is 0 Å². The number of aromatic nitrogens is 2. The number of carboxylic acid groups (broad SMARTS) is 1. The van der Waals surface area contributed by atoms with Crippen molar-refractivity contribution in [1.82, 2.24) is 14.9 Å². The highest BCUT2D eigenvalue weighted by atomic mass is 35.5. The van der Waals surface area contributed by atoms with Crippen LogP contribution in [0.25, 0.3) is 0 Å². The van der Waals surface area contributed by atoms with Crippen LogP contribution in [0.4, 0.5) is 24.9 Å². The van der Waals surface area contributed by atoms with Gasteiger partial charge < -0.3 is 20.2 Å². The van der Waals surface area contributed by atoms with Crippen LogP contribution in [0, 0.1) is 17.3 Å². The molecule has 7 nitrogen and oxygen atoms in total. The van der Waals surface area contributed by atoms with Gasteiger partial charge in [0.1, 0.15) is 11.4 Å². The lowest BCUT2D eigenvalue weighted by molar-refractivity contribution is -0.158. The first kappa shape index (κ1) is 28.2. The van der Waals surface area contributed by atoms with Gasteiger partial charge in [-0.3, -0.25) is 4.79 Å². The summed E-state index contributed by atoms with van der Waals surface area (Å²) in [5.41, 5.74) is -0.945. The summed E-state index contributed by atoms with van der Waals surface area (Å²) in [6.45, 7) is 6.81. The van der Waals surface area contributed by atoms with Crippen LogP contribution < -0.4 is 10.2 Å². The number of carbonyl (C=O) groups is 1.